The molecule has 21 heavy (non-hydrogen) atoms. The first-order valence-electron chi connectivity index (χ1n) is 6.65. The molecule has 1 aromatic heterocycles. The first-order chi connectivity index (χ1) is 9.90. The molecule has 1 rings (SSSR count). The number of nitrogens with zero attached hydrogens (tertiary/aromatic N) is 1. The highest BCUT2D eigenvalue weighted by molar-refractivity contribution is 7.16. The standard InChI is InChI=1S/C15H19NO4S/c1-5-11-7-12(15(19)20-6-2)14(21-11)16-8-13(9(3)17)10(4)18/h7-8,17H,5-6H2,1-4H3. The van der Waals surface area contributed by atoms with E-state index in [0.29, 0.717) is 10.6 Å². The Hall–Kier alpha value is -1.95. The van der Waals surface area contributed by atoms with Crippen molar-refractivity contribution in [1.29, 1.82) is 0 Å². The molecule has 0 aliphatic heterocycles. The third-order valence-electron chi connectivity index (χ3n) is 2.69. The molecular formula is C15H19NO4S. The average Bonchev–Trinajstić information content (AvgIpc) is 2.82. The molecule has 0 aliphatic carbocycles. The van der Waals surface area contributed by atoms with Crippen LogP contribution in [0.4, 0.5) is 5.00 Å². The van der Waals surface area contributed by atoms with Crippen molar-refractivity contribution in [3.05, 3.63) is 27.8 Å². The van der Waals surface area contributed by atoms with Crippen LogP contribution < -0.4 is 0 Å². The number of ether oxygens (including phenoxy) is 1. The summed E-state index contributed by atoms with van der Waals surface area (Å²) < 4.78 is 4.99. The molecule has 5 nitrogen and oxygen atoms in total. The normalized spacial score (nSPS) is 12.4. The third-order valence-corrected chi connectivity index (χ3v) is 3.87. The number of rotatable bonds is 6. The van der Waals surface area contributed by atoms with Crippen molar-refractivity contribution in [2.45, 2.75) is 34.1 Å². The second kappa shape index (κ2) is 7.73. The Balaban J connectivity index is 3.18. The van der Waals surface area contributed by atoms with Crippen molar-refractivity contribution in [3.63, 3.8) is 0 Å². The minimum Gasteiger partial charge on any atom is -0.512 e. The van der Waals surface area contributed by atoms with Crippen molar-refractivity contribution in [1.82, 2.24) is 0 Å². The van der Waals surface area contributed by atoms with Crippen LogP contribution in [0.3, 0.4) is 0 Å². The summed E-state index contributed by atoms with van der Waals surface area (Å²) in [6, 6.07) is 1.75. The number of allylic oxidation sites excluding steroid dienone is 2. The summed E-state index contributed by atoms with van der Waals surface area (Å²) in [6.45, 7) is 6.76. The molecule has 0 amide bonds. The number of thiophene rings is 1. The molecule has 0 saturated carbocycles. The van der Waals surface area contributed by atoms with Crippen LogP contribution >= 0.6 is 11.3 Å². The van der Waals surface area contributed by atoms with Crippen molar-refractivity contribution in [2.75, 3.05) is 6.61 Å². The fourth-order valence-electron chi connectivity index (χ4n) is 1.62. The molecule has 0 atom stereocenters. The molecule has 114 valence electrons. The van der Waals surface area contributed by atoms with Crippen molar-refractivity contribution >= 4 is 34.3 Å². The van der Waals surface area contributed by atoms with Crippen LogP contribution in [0.1, 0.15) is 42.9 Å². The van der Waals surface area contributed by atoms with Crippen LogP contribution in [0.25, 0.3) is 0 Å². The number of aliphatic hydroxyl groups is 1. The van der Waals surface area contributed by atoms with E-state index in [2.05, 4.69) is 4.99 Å². The van der Waals surface area contributed by atoms with Gasteiger partial charge in [-0.3, -0.25) is 4.79 Å². The molecule has 1 N–H and O–H groups in total. The number of ketones is 1. The average molecular weight is 309 g/mol. The maximum atomic E-state index is 11.9. The van der Waals surface area contributed by atoms with E-state index in [4.69, 9.17) is 4.74 Å². The van der Waals surface area contributed by atoms with Gasteiger partial charge in [0.05, 0.1) is 17.7 Å². The lowest BCUT2D eigenvalue weighted by Gasteiger charge is -2.00. The number of carbonyl (C=O) groups excluding carboxylic acids is 2. The summed E-state index contributed by atoms with van der Waals surface area (Å²) in [5.41, 5.74) is 0.504. The van der Waals surface area contributed by atoms with Gasteiger partial charge in [-0.25, -0.2) is 9.79 Å². The molecule has 0 aliphatic rings. The highest BCUT2D eigenvalue weighted by Gasteiger charge is 2.16. The van der Waals surface area contributed by atoms with Gasteiger partial charge in [0, 0.05) is 11.1 Å². The maximum absolute atomic E-state index is 11.9. The van der Waals surface area contributed by atoms with Crippen LogP contribution in [-0.2, 0) is 16.0 Å². The topological polar surface area (TPSA) is 76.0 Å². The van der Waals surface area contributed by atoms with E-state index in [-0.39, 0.29) is 23.7 Å². The fraction of sp³-hybridized carbons (Fsp3) is 0.400. The summed E-state index contributed by atoms with van der Waals surface area (Å²) in [5.74, 6) is -0.824. The van der Waals surface area contributed by atoms with Crippen molar-refractivity contribution in [2.24, 2.45) is 4.99 Å². The van der Waals surface area contributed by atoms with E-state index in [1.807, 2.05) is 6.92 Å². The Morgan fingerprint density at radius 2 is 2.05 bits per heavy atom. The number of esters is 1. The zero-order valence-electron chi connectivity index (χ0n) is 12.6. The molecule has 0 bridgehead atoms. The number of carbonyl (C=O) groups is 2. The second-order valence-corrected chi connectivity index (χ2v) is 5.43. The molecule has 0 aromatic carbocycles. The van der Waals surface area contributed by atoms with Gasteiger partial charge >= 0.3 is 5.97 Å². The Morgan fingerprint density at radius 1 is 1.38 bits per heavy atom. The summed E-state index contributed by atoms with van der Waals surface area (Å²) >= 11 is 1.36. The van der Waals surface area contributed by atoms with Crippen LogP contribution in [0, 0.1) is 0 Å². The number of Topliss-reactive ketones (excluding diaryl/α,β-unsaturated/α-hetero) is 1. The molecule has 0 radical (unpaired) electrons. The Labute approximate surface area is 128 Å². The van der Waals surface area contributed by atoms with Crippen molar-refractivity contribution < 1.29 is 19.4 Å². The lowest BCUT2D eigenvalue weighted by atomic mass is 10.2. The second-order valence-electron chi connectivity index (χ2n) is 4.32. The van der Waals surface area contributed by atoms with E-state index in [1.54, 1.807) is 13.0 Å². The van der Waals surface area contributed by atoms with Gasteiger partial charge in [0.2, 0.25) is 0 Å². The van der Waals surface area contributed by atoms with E-state index in [0.717, 1.165) is 11.3 Å². The van der Waals surface area contributed by atoms with E-state index in [9.17, 15) is 14.7 Å². The number of aliphatic imine (C=N–C) groups is 1. The van der Waals surface area contributed by atoms with Gasteiger partial charge < -0.3 is 9.84 Å². The lowest BCUT2D eigenvalue weighted by molar-refractivity contribution is -0.113. The number of aryl methyl sites for hydroxylation is 1. The highest BCUT2D eigenvalue weighted by Crippen LogP contribution is 2.32. The van der Waals surface area contributed by atoms with Gasteiger partial charge in [0.1, 0.15) is 10.8 Å². The number of hydrogen-bond acceptors (Lipinski definition) is 6. The molecule has 0 saturated heterocycles. The predicted molar refractivity (Wildman–Crippen MR) is 83.8 cm³/mol. The quantitative estimate of drug-likeness (QED) is 0.377. The minimum absolute atomic E-state index is 0.101. The monoisotopic (exact) mass is 309 g/mol. The summed E-state index contributed by atoms with van der Waals surface area (Å²) in [5, 5.41) is 9.93. The summed E-state index contributed by atoms with van der Waals surface area (Å²) in [7, 11) is 0. The zero-order valence-corrected chi connectivity index (χ0v) is 13.4. The van der Waals surface area contributed by atoms with Gasteiger partial charge in [-0.15, -0.1) is 11.3 Å². The highest BCUT2D eigenvalue weighted by atomic mass is 32.1. The zero-order chi connectivity index (χ0) is 16.0. The molecular weight excluding hydrogens is 290 g/mol. The van der Waals surface area contributed by atoms with Crippen LogP contribution in [0.5, 0.6) is 0 Å². The van der Waals surface area contributed by atoms with Crippen molar-refractivity contribution in [3.8, 4) is 0 Å². The first-order valence-corrected chi connectivity index (χ1v) is 7.46. The largest absolute Gasteiger partial charge is 0.512 e. The molecule has 0 spiro atoms. The first kappa shape index (κ1) is 17.1. The molecule has 1 aromatic rings. The summed E-state index contributed by atoms with van der Waals surface area (Å²) in [4.78, 5) is 28.5. The van der Waals surface area contributed by atoms with Gasteiger partial charge in [0.15, 0.2) is 5.78 Å². The van der Waals surface area contributed by atoms with E-state index in [1.165, 1.54) is 31.4 Å². The lowest BCUT2D eigenvalue weighted by Crippen LogP contribution is -2.04. The number of hydrogen-bond donors (Lipinski definition) is 1. The fourth-order valence-corrected chi connectivity index (χ4v) is 2.55. The van der Waals surface area contributed by atoms with Crippen LogP contribution in [0.2, 0.25) is 0 Å². The molecule has 0 fully saturated rings. The van der Waals surface area contributed by atoms with E-state index >= 15 is 0 Å². The molecule has 0 unspecified atom stereocenters. The Bertz CT molecular complexity index is 595. The Morgan fingerprint density at radius 3 is 2.52 bits per heavy atom. The van der Waals surface area contributed by atoms with Gasteiger partial charge in [-0.1, -0.05) is 6.92 Å². The van der Waals surface area contributed by atoms with Crippen LogP contribution in [-0.4, -0.2) is 29.7 Å². The molecule has 6 heteroatoms. The van der Waals surface area contributed by atoms with Crippen LogP contribution in [0.15, 0.2) is 22.4 Å². The summed E-state index contributed by atoms with van der Waals surface area (Å²) in [6.07, 6.45) is 2.06. The Kier molecular flexibility index (Phi) is 6.30. The SMILES string of the molecule is CCOC(=O)c1cc(CC)sc1N=CC(C(C)=O)=C(C)O. The number of aliphatic hydroxyl groups excluding tert-OH is 1. The van der Waals surface area contributed by atoms with Gasteiger partial charge in [-0.05, 0) is 33.3 Å². The maximum Gasteiger partial charge on any atom is 0.341 e. The van der Waals surface area contributed by atoms with Gasteiger partial charge in [0.25, 0.3) is 0 Å². The van der Waals surface area contributed by atoms with E-state index < -0.39 is 5.97 Å². The third kappa shape index (κ3) is 4.53. The van der Waals surface area contributed by atoms with Gasteiger partial charge in [-0.2, -0.15) is 0 Å². The molecule has 1 heterocycles. The minimum atomic E-state index is -0.435. The predicted octanol–water partition coefficient (Wildman–Crippen LogP) is 3.61. The smallest absolute Gasteiger partial charge is 0.341 e.